The van der Waals surface area contributed by atoms with Crippen LogP contribution in [0.25, 0.3) is 0 Å². The van der Waals surface area contributed by atoms with E-state index in [0.717, 1.165) is 29.5 Å². The first kappa shape index (κ1) is 14.7. The van der Waals surface area contributed by atoms with Gasteiger partial charge in [-0.3, -0.25) is 0 Å². The number of benzene rings is 1. The van der Waals surface area contributed by atoms with Crippen LogP contribution >= 0.6 is 15.9 Å². The summed E-state index contributed by atoms with van der Waals surface area (Å²) in [5.74, 6) is 0.965. The van der Waals surface area contributed by atoms with Crippen molar-refractivity contribution in [3.05, 3.63) is 34.1 Å². The molecule has 0 saturated heterocycles. The average Bonchev–Trinajstić information content (AvgIpc) is 2.30. The predicted molar refractivity (Wildman–Crippen MR) is 74.7 cm³/mol. The molecule has 1 aromatic carbocycles. The highest BCUT2D eigenvalue weighted by Gasteiger charge is 2.14. The zero-order valence-corrected chi connectivity index (χ0v) is 12.3. The SMILES string of the molecule is CCNCC(C)C(C)Cc1cc(F)ccc1Br. The van der Waals surface area contributed by atoms with Crippen molar-refractivity contribution in [2.75, 3.05) is 13.1 Å². The lowest BCUT2D eigenvalue weighted by molar-refractivity contribution is 0.367. The Kier molecular flexibility index (Phi) is 6.14. The van der Waals surface area contributed by atoms with Crippen molar-refractivity contribution >= 4 is 15.9 Å². The van der Waals surface area contributed by atoms with Gasteiger partial charge in [-0.05, 0) is 55.1 Å². The minimum absolute atomic E-state index is 0.158. The highest BCUT2D eigenvalue weighted by atomic mass is 79.9. The molecule has 0 amide bonds. The van der Waals surface area contributed by atoms with Gasteiger partial charge in [-0.2, -0.15) is 0 Å². The van der Waals surface area contributed by atoms with Crippen molar-refractivity contribution in [3.63, 3.8) is 0 Å². The van der Waals surface area contributed by atoms with Crippen LogP contribution in [0.15, 0.2) is 22.7 Å². The first-order chi connectivity index (χ1) is 8.04. The molecule has 3 heteroatoms. The van der Waals surface area contributed by atoms with Crippen molar-refractivity contribution in [2.24, 2.45) is 11.8 Å². The Morgan fingerprint density at radius 3 is 2.65 bits per heavy atom. The topological polar surface area (TPSA) is 12.0 Å². The van der Waals surface area contributed by atoms with Crippen LogP contribution in [0.3, 0.4) is 0 Å². The van der Waals surface area contributed by atoms with Crippen LogP contribution in [-0.4, -0.2) is 13.1 Å². The molecule has 0 aliphatic rings. The highest BCUT2D eigenvalue weighted by Crippen LogP contribution is 2.23. The van der Waals surface area contributed by atoms with Gasteiger partial charge in [-0.1, -0.05) is 36.7 Å². The van der Waals surface area contributed by atoms with E-state index >= 15 is 0 Å². The summed E-state index contributed by atoms with van der Waals surface area (Å²) in [5.41, 5.74) is 1.06. The number of nitrogens with one attached hydrogen (secondary N) is 1. The summed E-state index contributed by atoms with van der Waals surface area (Å²) in [7, 11) is 0. The Morgan fingerprint density at radius 2 is 2.00 bits per heavy atom. The van der Waals surface area contributed by atoms with Crippen molar-refractivity contribution in [1.82, 2.24) is 5.32 Å². The van der Waals surface area contributed by atoms with E-state index in [9.17, 15) is 4.39 Å². The fraction of sp³-hybridized carbons (Fsp3) is 0.571. The van der Waals surface area contributed by atoms with Gasteiger partial charge in [0.2, 0.25) is 0 Å². The smallest absolute Gasteiger partial charge is 0.123 e. The molecule has 0 aromatic heterocycles. The second kappa shape index (κ2) is 7.12. The Balaban J connectivity index is 2.60. The molecular formula is C14H21BrFN. The summed E-state index contributed by atoms with van der Waals surface area (Å²) < 4.78 is 14.2. The van der Waals surface area contributed by atoms with Gasteiger partial charge in [0, 0.05) is 4.47 Å². The summed E-state index contributed by atoms with van der Waals surface area (Å²) in [4.78, 5) is 0. The zero-order valence-electron chi connectivity index (χ0n) is 10.8. The van der Waals surface area contributed by atoms with Crippen LogP contribution in [0.4, 0.5) is 4.39 Å². The van der Waals surface area contributed by atoms with Gasteiger partial charge in [0.1, 0.15) is 5.82 Å². The Morgan fingerprint density at radius 1 is 1.29 bits per heavy atom. The molecule has 2 atom stereocenters. The van der Waals surface area contributed by atoms with Gasteiger partial charge >= 0.3 is 0 Å². The third-order valence-corrected chi connectivity index (χ3v) is 4.01. The summed E-state index contributed by atoms with van der Waals surface area (Å²) in [6.07, 6.45) is 0.908. The van der Waals surface area contributed by atoms with Crippen LogP contribution < -0.4 is 5.32 Å². The molecule has 0 aliphatic carbocycles. The van der Waals surface area contributed by atoms with Crippen LogP contribution in [0, 0.1) is 17.7 Å². The third-order valence-electron chi connectivity index (χ3n) is 3.24. The molecule has 1 N–H and O–H groups in total. The zero-order chi connectivity index (χ0) is 12.8. The third kappa shape index (κ3) is 4.76. The van der Waals surface area contributed by atoms with Crippen LogP contribution in [0.2, 0.25) is 0 Å². The number of hydrogen-bond donors (Lipinski definition) is 1. The van der Waals surface area contributed by atoms with E-state index in [2.05, 4.69) is 42.0 Å². The molecule has 17 heavy (non-hydrogen) atoms. The fourth-order valence-electron chi connectivity index (χ4n) is 1.82. The molecule has 2 unspecified atom stereocenters. The fourth-order valence-corrected chi connectivity index (χ4v) is 2.23. The van der Waals surface area contributed by atoms with Gasteiger partial charge in [-0.15, -0.1) is 0 Å². The lowest BCUT2D eigenvalue weighted by Gasteiger charge is -2.20. The molecule has 1 rings (SSSR count). The maximum absolute atomic E-state index is 13.2. The summed E-state index contributed by atoms with van der Waals surface area (Å²) in [6, 6.07) is 4.90. The molecule has 1 nitrogen and oxygen atoms in total. The van der Waals surface area contributed by atoms with E-state index in [1.165, 1.54) is 6.07 Å². The van der Waals surface area contributed by atoms with Crippen LogP contribution in [0.5, 0.6) is 0 Å². The Hall–Kier alpha value is -0.410. The van der Waals surface area contributed by atoms with Crippen molar-refractivity contribution in [3.8, 4) is 0 Å². The van der Waals surface area contributed by atoms with Crippen LogP contribution in [-0.2, 0) is 6.42 Å². The van der Waals surface area contributed by atoms with Gasteiger partial charge in [0.05, 0.1) is 0 Å². The van der Waals surface area contributed by atoms with Crippen molar-refractivity contribution in [1.29, 1.82) is 0 Å². The number of hydrogen-bond acceptors (Lipinski definition) is 1. The van der Waals surface area contributed by atoms with Gasteiger partial charge in [-0.25, -0.2) is 4.39 Å². The monoisotopic (exact) mass is 301 g/mol. The summed E-state index contributed by atoms with van der Waals surface area (Å²) >= 11 is 3.48. The predicted octanol–water partition coefficient (Wildman–Crippen LogP) is 4.01. The summed E-state index contributed by atoms with van der Waals surface area (Å²) in [6.45, 7) is 8.59. The lowest BCUT2D eigenvalue weighted by atomic mass is 9.89. The van der Waals surface area contributed by atoms with E-state index < -0.39 is 0 Å². The van der Waals surface area contributed by atoms with Crippen molar-refractivity contribution in [2.45, 2.75) is 27.2 Å². The average molecular weight is 302 g/mol. The summed E-state index contributed by atoms with van der Waals surface area (Å²) in [5, 5.41) is 3.35. The van der Waals surface area contributed by atoms with E-state index in [1.807, 2.05) is 0 Å². The van der Waals surface area contributed by atoms with E-state index in [-0.39, 0.29) is 5.82 Å². The second-order valence-corrected chi connectivity index (χ2v) is 5.56. The molecule has 96 valence electrons. The van der Waals surface area contributed by atoms with Crippen molar-refractivity contribution < 1.29 is 4.39 Å². The normalized spacial score (nSPS) is 14.6. The van der Waals surface area contributed by atoms with E-state index in [4.69, 9.17) is 0 Å². The van der Waals surface area contributed by atoms with E-state index in [0.29, 0.717) is 11.8 Å². The highest BCUT2D eigenvalue weighted by molar-refractivity contribution is 9.10. The minimum atomic E-state index is -0.158. The van der Waals surface area contributed by atoms with E-state index in [1.54, 1.807) is 12.1 Å². The van der Waals surface area contributed by atoms with Gasteiger partial charge in [0.25, 0.3) is 0 Å². The minimum Gasteiger partial charge on any atom is -0.317 e. The standard InChI is InChI=1S/C14H21BrFN/c1-4-17-9-11(3)10(2)7-12-8-13(16)5-6-14(12)15/h5-6,8,10-11,17H,4,7,9H2,1-3H3. The van der Waals surface area contributed by atoms with Crippen LogP contribution in [0.1, 0.15) is 26.3 Å². The molecule has 0 radical (unpaired) electrons. The first-order valence-electron chi connectivity index (χ1n) is 6.19. The molecule has 0 bridgehead atoms. The molecule has 0 spiro atoms. The molecule has 0 aliphatic heterocycles. The maximum atomic E-state index is 13.2. The molecule has 1 aromatic rings. The molecular weight excluding hydrogens is 281 g/mol. The molecule has 0 saturated carbocycles. The maximum Gasteiger partial charge on any atom is 0.123 e. The largest absolute Gasteiger partial charge is 0.317 e. The quantitative estimate of drug-likeness (QED) is 0.837. The van der Waals surface area contributed by atoms with Gasteiger partial charge < -0.3 is 5.32 Å². The molecule has 0 fully saturated rings. The number of halogens is 2. The first-order valence-corrected chi connectivity index (χ1v) is 6.98. The Bertz CT molecular complexity index is 354. The van der Waals surface area contributed by atoms with Gasteiger partial charge in [0.15, 0.2) is 0 Å². The second-order valence-electron chi connectivity index (χ2n) is 4.70. The lowest BCUT2D eigenvalue weighted by Crippen LogP contribution is -2.25. The Labute approximate surface area is 112 Å². The number of rotatable bonds is 6. The molecule has 0 heterocycles.